The van der Waals surface area contributed by atoms with Crippen LogP contribution in [0.4, 0.5) is 27.4 Å². The average molecular weight is 584 g/mol. The van der Waals surface area contributed by atoms with Crippen LogP contribution in [0.2, 0.25) is 0 Å². The largest absolute Gasteiger partial charge is 0.390 e. The van der Waals surface area contributed by atoms with E-state index in [0.29, 0.717) is 55.8 Å². The predicted molar refractivity (Wildman–Crippen MR) is 145 cm³/mol. The highest BCUT2D eigenvalue weighted by atomic mass is 79.9. The molecule has 0 aliphatic heterocycles. The molecule has 0 unspecified atom stereocenters. The summed E-state index contributed by atoms with van der Waals surface area (Å²) in [6.45, 7) is 0.826. The van der Waals surface area contributed by atoms with Crippen LogP contribution in [0, 0.1) is 15.9 Å². The highest BCUT2D eigenvalue weighted by molar-refractivity contribution is 9.10. The smallest absolute Gasteiger partial charge is 0.358 e. The summed E-state index contributed by atoms with van der Waals surface area (Å²) >= 11 is 3.17. The van der Waals surface area contributed by atoms with E-state index in [1.807, 2.05) is 14.1 Å². The number of quaternary nitrogens is 1. The van der Waals surface area contributed by atoms with Crippen molar-refractivity contribution in [3.8, 4) is 0 Å². The summed E-state index contributed by atoms with van der Waals surface area (Å²) in [5, 5.41) is 17.9. The maximum Gasteiger partial charge on any atom is 0.390 e. The molecule has 0 bridgehead atoms. The first kappa shape index (κ1) is 26.8. The third kappa shape index (κ3) is 6.36. The van der Waals surface area contributed by atoms with Gasteiger partial charge in [0.25, 0.3) is 0 Å². The zero-order chi connectivity index (χ0) is 27.4. The van der Waals surface area contributed by atoms with Crippen molar-refractivity contribution >= 4 is 55.8 Å². The molecule has 1 amide bonds. The van der Waals surface area contributed by atoms with Gasteiger partial charge < -0.3 is 29.8 Å². The Morgan fingerprint density at radius 2 is 1.95 bits per heavy atom. The Labute approximate surface area is 225 Å². The van der Waals surface area contributed by atoms with Crippen molar-refractivity contribution in [2.75, 3.05) is 31.3 Å². The summed E-state index contributed by atoms with van der Waals surface area (Å²) in [4.78, 5) is 35.8. The maximum absolute atomic E-state index is 13.6. The lowest BCUT2D eigenvalue weighted by atomic mass is 10.2. The van der Waals surface area contributed by atoms with Crippen molar-refractivity contribution in [2.45, 2.75) is 6.54 Å². The zero-order valence-electron chi connectivity index (χ0n) is 20.9. The van der Waals surface area contributed by atoms with Gasteiger partial charge in [-0.25, -0.2) is 14.4 Å². The third-order valence-electron chi connectivity index (χ3n) is 5.74. The number of benzene rings is 2. The normalized spacial score (nSPS) is 11.7. The number of nitro groups is 1. The first-order valence-electron chi connectivity index (χ1n) is 11.4. The number of nitrogens with zero attached hydrogens (tertiary/aromatic N) is 6. The molecule has 4 rings (SSSR count). The van der Waals surface area contributed by atoms with Gasteiger partial charge in [0, 0.05) is 29.9 Å². The number of hydrogen-bond acceptors (Lipinski definition) is 7. The number of aryl methyl sites for hydroxylation is 1. The molecule has 0 aliphatic carbocycles. The zero-order valence-corrected chi connectivity index (χ0v) is 22.4. The number of aromatic nitrogens is 4. The second kappa shape index (κ2) is 11.0. The monoisotopic (exact) mass is 583 g/mol. The van der Waals surface area contributed by atoms with Crippen LogP contribution in [0.1, 0.15) is 5.69 Å². The molecule has 2 heterocycles. The van der Waals surface area contributed by atoms with E-state index in [4.69, 9.17) is 0 Å². The molecule has 2 aromatic heterocycles. The summed E-state index contributed by atoms with van der Waals surface area (Å²) < 4.78 is 15.9. The van der Waals surface area contributed by atoms with E-state index in [1.54, 1.807) is 48.0 Å². The quantitative estimate of drug-likeness (QED) is 0.127. The van der Waals surface area contributed by atoms with Gasteiger partial charge in [-0.1, -0.05) is 0 Å². The summed E-state index contributed by atoms with van der Waals surface area (Å²) in [5.41, 5.74) is 2.35. The van der Waals surface area contributed by atoms with E-state index >= 15 is 0 Å². The number of rotatable bonds is 9. The lowest BCUT2D eigenvalue weighted by Gasteiger charge is -2.27. The summed E-state index contributed by atoms with van der Waals surface area (Å²) in [7, 11) is 5.54. The van der Waals surface area contributed by atoms with E-state index in [1.165, 1.54) is 24.8 Å². The number of nitrogens with one attached hydrogen (secondary N) is 2. The molecule has 0 spiro atoms. The van der Waals surface area contributed by atoms with Crippen LogP contribution >= 0.6 is 15.9 Å². The van der Waals surface area contributed by atoms with Gasteiger partial charge in [-0.05, 0) is 68.3 Å². The number of fused-ring (bicyclic) bond motifs is 1. The van der Waals surface area contributed by atoms with Crippen LogP contribution in [0.15, 0.2) is 65.7 Å². The first-order chi connectivity index (χ1) is 18.0. The molecule has 11 nitrogen and oxygen atoms in total. The maximum atomic E-state index is 13.6. The number of carbonyl (C=O) groups excluding carboxylic acids is 1. The Bertz CT molecular complexity index is 1550. The third-order valence-corrected chi connectivity index (χ3v) is 6.35. The van der Waals surface area contributed by atoms with Gasteiger partial charge in [0.05, 0.1) is 30.6 Å². The Morgan fingerprint density at radius 1 is 1.18 bits per heavy atom. The molecule has 0 saturated carbocycles. The van der Waals surface area contributed by atoms with Crippen molar-refractivity contribution in [1.82, 2.24) is 19.5 Å². The van der Waals surface area contributed by atoms with Crippen molar-refractivity contribution in [1.29, 1.82) is 0 Å². The minimum absolute atomic E-state index is 0.165. The van der Waals surface area contributed by atoms with E-state index in [-0.39, 0.29) is 17.5 Å². The van der Waals surface area contributed by atoms with Crippen LogP contribution in [0.25, 0.3) is 10.9 Å². The number of carbonyl (C=O) groups is 1. The Kier molecular flexibility index (Phi) is 7.78. The second-order valence-corrected chi connectivity index (χ2v) is 10.1. The molecule has 38 heavy (non-hydrogen) atoms. The van der Waals surface area contributed by atoms with Crippen molar-refractivity contribution in [2.24, 2.45) is 7.05 Å². The molecule has 0 radical (unpaired) electrons. The lowest BCUT2D eigenvalue weighted by Crippen LogP contribution is -2.39. The SMILES string of the molecule is Cn1cnc([N+](=O)[O-])c1C[N+](C)(C)CC=CC(=O)Nc1ccc2ncnc(Nc3ccc(F)c(Br)c3)c2c1. The van der Waals surface area contributed by atoms with Crippen molar-refractivity contribution < 1.29 is 18.6 Å². The summed E-state index contributed by atoms with van der Waals surface area (Å²) in [6, 6.07) is 9.79. The highest BCUT2D eigenvalue weighted by Gasteiger charge is 2.26. The summed E-state index contributed by atoms with van der Waals surface area (Å²) in [5.74, 6) is -0.364. The second-order valence-electron chi connectivity index (χ2n) is 9.26. The molecular formula is C25H25BrFN8O3+. The highest BCUT2D eigenvalue weighted by Crippen LogP contribution is 2.28. The number of hydrogen-bond donors (Lipinski definition) is 2. The van der Waals surface area contributed by atoms with Crippen LogP contribution < -0.4 is 10.6 Å². The van der Waals surface area contributed by atoms with Gasteiger partial charge in [-0.15, -0.1) is 0 Å². The van der Waals surface area contributed by atoms with Crippen LogP contribution in [-0.4, -0.2) is 55.5 Å². The number of amides is 1. The van der Waals surface area contributed by atoms with Gasteiger partial charge in [0.1, 0.15) is 24.5 Å². The molecule has 0 fully saturated rings. The van der Waals surface area contributed by atoms with Gasteiger partial charge in [0.15, 0.2) is 5.69 Å². The minimum Gasteiger partial charge on any atom is -0.358 e. The fourth-order valence-corrected chi connectivity index (χ4v) is 4.20. The minimum atomic E-state index is -0.493. The average Bonchev–Trinajstić information content (AvgIpc) is 3.21. The molecule has 0 saturated heterocycles. The number of halogens is 2. The molecule has 2 aromatic carbocycles. The van der Waals surface area contributed by atoms with Gasteiger partial charge in [-0.3, -0.25) is 4.79 Å². The fraction of sp³-hybridized carbons (Fsp3) is 0.200. The molecule has 4 aromatic rings. The van der Waals surface area contributed by atoms with Crippen molar-refractivity contribution in [3.05, 3.63) is 87.3 Å². The van der Waals surface area contributed by atoms with Crippen LogP contribution in [0.3, 0.4) is 0 Å². The van der Waals surface area contributed by atoms with E-state index in [0.717, 1.165) is 0 Å². The molecule has 0 atom stereocenters. The van der Waals surface area contributed by atoms with Gasteiger partial charge in [-0.2, -0.15) is 0 Å². The summed E-state index contributed by atoms with van der Waals surface area (Å²) in [6.07, 6.45) is 5.99. The Hall–Kier alpha value is -4.23. The fourth-order valence-electron chi connectivity index (χ4n) is 3.82. The van der Waals surface area contributed by atoms with Crippen LogP contribution in [0.5, 0.6) is 0 Å². The predicted octanol–water partition coefficient (Wildman–Crippen LogP) is 4.69. The first-order valence-corrected chi connectivity index (χ1v) is 12.2. The molecule has 2 N–H and O–H groups in total. The standard InChI is InChI=1S/C25H24BrFN8O3/c1-33-15-30-25(34(37)38)22(33)13-35(2,3)10-4-5-23(36)31-16-7-9-21-18(11-16)24(29-14-28-21)32-17-6-8-20(27)19(26)12-17/h4-9,11-12,14-15H,10,13H2,1-3H3,(H-,28,29,31,32,36)/p+1. The molecule has 0 aliphatic rings. The van der Waals surface area contributed by atoms with E-state index < -0.39 is 4.92 Å². The van der Waals surface area contributed by atoms with E-state index in [2.05, 4.69) is 41.5 Å². The topological polar surface area (TPSA) is 128 Å². The number of anilines is 3. The lowest BCUT2D eigenvalue weighted by molar-refractivity contribution is -0.898. The van der Waals surface area contributed by atoms with Gasteiger partial charge in [0.2, 0.25) is 12.2 Å². The van der Waals surface area contributed by atoms with Crippen LogP contribution in [-0.2, 0) is 18.4 Å². The number of likely N-dealkylation sites (N-methyl/N-ethyl adjacent to an activating group) is 1. The Morgan fingerprint density at radius 3 is 2.68 bits per heavy atom. The number of imidazole rings is 1. The van der Waals surface area contributed by atoms with Crippen molar-refractivity contribution in [3.63, 3.8) is 0 Å². The molecule has 13 heteroatoms. The molecule has 196 valence electrons. The van der Waals surface area contributed by atoms with E-state index in [9.17, 15) is 19.3 Å². The Balaban J connectivity index is 1.44. The molecular weight excluding hydrogens is 559 g/mol. The van der Waals surface area contributed by atoms with Gasteiger partial charge >= 0.3 is 5.82 Å².